The summed E-state index contributed by atoms with van der Waals surface area (Å²) >= 11 is 5.74. The number of para-hydroxylation sites is 1. The van der Waals surface area contributed by atoms with Gasteiger partial charge in [0.25, 0.3) is 5.91 Å². The highest BCUT2D eigenvalue weighted by molar-refractivity contribution is 14.1. The Labute approximate surface area is 223 Å². The molecule has 34 heavy (non-hydrogen) atoms. The Morgan fingerprint density at radius 3 is 2.50 bits per heavy atom. The summed E-state index contributed by atoms with van der Waals surface area (Å²) in [5.74, 6) is 1.81. The molecule has 3 aromatic rings. The number of carbonyl (C=O) groups is 1. The molecule has 0 atom stereocenters. The number of halogens is 2. The SMILES string of the molecule is CCOc1cc(/C=C2\C(=O)N(CC(C)C)c3ccccc32)cc(I)c1OCc1ccc(Br)cc1. The lowest BCUT2D eigenvalue weighted by atomic mass is 10.0. The molecule has 3 aromatic carbocycles. The second-order valence-corrected chi connectivity index (χ2v) is 10.6. The summed E-state index contributed by atoms with van der Waals surface area (Å²) in [5, 5.41) is 0. The maximum atomic E-state index is 13.3. The molecule has 6 heteroatoms. The number of fused-ring (bicyclic) bond motifs is 1. The van der Waals surface area contributed by atoms with Crippen LogP contribution in [0.2, 0.25) is 0 Å². The van der Waals surface area contributed by atoms with Crippen molar-refractivity contribution >= 4 is 61.8 Å². The predicted octanol–water partition coefficient (Wildman–Crippen LogP) is 7.57. The maximum absolute atomic E-state index is 13.3. The minimum Gasteiger partial charge on any atom is -0.490 e. The van der Waals surface area contributed by atoms with E-state index >= 15 is 0 Å². The standard InChI is InChI=1S/C28H27BrINO3/c1-4-33-26-15-20(14-24(30)27(26)34-17-19-9-11-21(29)12-10-19)13-23-22-7-5-6-8-25(22)31(28(23)32)16-18(2)3/h5-15,18H,4,16-17H2,1-3H3/b23-13-. The minimum absolute atomic E-state index is 0.0402. The molecule has 0 N–H and O–H groups in total. The van der Waals surface area contributed by atoms with Crippen LogP contribution in [0.4, 0.5) is 5.69 Å². The highest BCUT2D eigenvalue weighted by atomic mass is 127. The second kappa shape index (κ2) is 11.0. The third-order valence-corrected chi connectivity index (χ3v) is 6.78. The van der Waals surface area contributed by atoms with Crippen LogP contribution >= 0.6 is 38.5 Å². The zero-order valence-electron chi connectivity index (χ0n) is 19.5. The van der Waals surface area contributed by atoms with E-state index in [1.54, 1.807) is 0 Å². The molecular weight excluding hydrogens is 605 g/mol. The van der Waals surface area contributed by atoms with Crippen molar-refractivity contribution < 1.29 is 14.3 Å². The van der Waals surface area contributed by atoms with Gasteiger partial charge in [0.15, 0.2) is 11.5 Å². The number of rotatable bonds is 8. The highest BCUT2D eigenvalue weighted by Crippen LogP contribution is 2.40. The van der Waals surface area contributed by atoms with Crippen LogP contribution in [0.5, 0.6) is 11.5 Å². The van der Waals surface area contributed by atoms with E-state index in [0.717, 1.165) is 30.4 Å². The van der Waals surface area contributed by atoms with Gasteiger partial charge in [-0.15, -0.1) is 0 Å². The van der Waals surface area contributed by atoms with Crippen molar-refractivity contribution in [2.45, 2.75) is 27.4 Å². The summed E-state index contributed by atoms with van der Waals surface area (Å²) in [6, 6.07) is 20.1. The molecule has 1 heterocycles. The van der Waals surface area contributed by atoms with E-state index in [0.29, 0.717) is 42.7 Å². The number of benzene rings is 3. The number of nitrogens with zero attached hydrogens (tertiary/aromatic N) is 1. The largest absolute Gasteiger partial charge is 0.490 e. The Bertz CT molecular complexity index is 1220. The van der Waals surface area contributed by atoms with Crippen LogP contribution in [0.25, 0.3) is 11.6 Å². The van der Waals surface area contributed by atoms with Gasteiger partial charge < -0.3 is 14.4 Å². The fourth-order valence-electron chi connectivity index (χ4n) is 3.97. The lowest BCUT2D eigenvalue weighted by Crippen LogP contribution is -2.30. The van der Waals surface area contributed by atoms with Crippen molar-refractivity contribution in [2.24, 2.45) is 5.92 Å². The Kier molecular flexibility index (Phi) is 7.99. The van der Waals surface area contributed by atoms with Gasteiger partial charge in [-0.1, -0.05) is 60.1 Å². The molecule has 4 rings (SSSR count). The van der Waals surface area contributed by atoms with E-state index in [4.69, 9.17) is 9.47 Å². The molecule has 0 fully saturated rings. The summed E-state index contributed by atoms with van der Waals surface area (Å²) in [5.41, 5.74) is 4.63. The van der Waals surface area contributed by atoms with E-state index in [2.05, 4.69) is 52.4 Å². The maximum Gasteiger partial charge on any atom is 0.259 e. The third kappa shape index (κ3) is 5.49. The predicted molar refractivity (Wildman–Crippen MR) is 150 cm³/mol. The highest BCUT2D eigenvalue weighted by Gasteiger charge is 2.32. The molecule has 0 aromatic heterocycles. The van der Waals surface area contributed by atoms with Gasteiger partial charge in [0.2, 0.25) is 0 Å². The van der Waals surface area contributed by atoms with Crippen LogP contribution in [0.15, 0.2) is 65.1 Å². The summed E-state index contributed by atoms with van der Waals surface area (Å²) in [4.78, 5) is 15.2. The molecule has 4 nitrogen and oxygen atoms in total. The number of anilines is 1. The van der Waals surface area contributed by atoms with E-state index in [1.807, 2.05) is 78.6 Å². The van der Waals surface area contributed by atoms with Crippen molar-refractivity contribution in [3.63, 3.8) is 0 Å². The van der Waals surface area contributed by atoms with E-state index < -0.39 is 0 Å². The Hall–Kier alpha value is -2.32. The number of hydrogen-bond acceptors (Lipinski definition) is 3. The van der Waals surface area contributed by atoms with Crippen LogP contribution in [0.1, 0.15) is 37.5 Å². The van der Waals surface area contributed by atoms with Crippen LogP contribution in [-0.4, -0.2) is 19.1 Å². The monoisotopic (exact) mass is 631 g/mol. The van der Waals surface area contributed by atoms with Crippen LogP contribution < -0.4 is 14.4 Å². The lowest BCUT2D eigenvalue weighted by Gasteiger charge is -2.19. The van der Waals surface area contributed by atoms with E-state index in [1.165, 1.54) is 0 Å². The van der Waals surface area contributed by atoms with Crippen molar-refractivity contribution in [2.75, 3.05) is 18.1 Å². The number of ether oxygens (including phenoxy) is 2. The third-order valence-electron chi connectivity index (χ3n) is 5.45. The van der Waals surface area contributed by atoms with Crippen LogP contribution in [-0.2, 0) is 11.4 Å². The van der Waals surface area contributed by atoms with Gasteiger partial charge in [0.1, 0.15) is 6.61 Å². The number of carbonyl (C=O) groups excluding carboxylic acids is 1. The molecule has 0 unspecified atom stereocenters. The fraction of sp³-hybridized carbons (Fsp3) is 0.250. The molecule has 1 aliphatic rings. The van der Waals surface area contributed by atoms with Gasteiger partial charge in [-0.25, -0.2) is 0 Å². The Balaban J connectivity index is 1.67. The molecule has 176 valence electrons. The van der Waals surface area contributed by atoms with Gasteiger partial charge >= 0.3 is 0 Å². The van der Waals surface area contributed by atoms with E-state index in [-0.39, 0.29) is 5.91 Å². The van der Waals surface area contributed by atoms with Crippen molar-refractivity contribution in [1.29, 1.82) is 0 Å². The molecule has 1 aliphatic heterocycles. The molecule has 0 saturated carbocycles. The Morgan fingerprint density at radius 1 is 1.06 bits per heavy atom. The van der Waals surface area contributed by atoms with Gasteiger partial charge in [-0.2, -0.15) is 0 Å². The normalized spacial score (nSPS) is 14.1. The van der Waals surface area contributed by atoms with Gasteiger partial charge in [0, 0.05) is 22.2 Å². The molecule has 0 saturated heterocycles. The smallest absolute Gasteiger partial charge is 0.259 e. The summed E-state index contributed by atoms with van der Waals surface area (Å²) in [6.45, 7) is 7.87. The molecule has 0 radical (unpaired) electrons. The average molecular weight is 632 g/mol. The van der Waals surface area contributed by atoms with Crippen molar-refractivity contribution in [3.8, 4) is 11.5 Å². The number of hydrogen-bond donors (Lipinski definition) is 0. The number of amides is 1. The topological polar surface area (TPSA) is 38.8 Å². The summed E-state index contributed by atoms with van der Waals surface area (Å²) in [7, 11) is 0. The first-order valence-corrected chi connectivity index (χ1v) is 13.2. The summed E-state index contributed by atoms with van der Waals surface area (Å²) < 4.78 is 14.1. The van der Waals surface area contributed by atoms with Gasteiger partial charge in [-0.05, 0) is 83.0 Å². The van der Waals surface area contributed by atoms with E-state index in [9.17, 15) is 4.79 Å². The quantitative estimate of drug-likeness (QED) is 0.190. The Morgan fingerprint density at radius 2 is 1.79 bits per heavy atom. The first-order valence-electron chi connectivity index (χ1n) is 11.3. The molecule has 0 bridgehead atoms. The minimum atomic E-state index is 0.0402. The molecule has 0 spiro atoms. The average Bonchev–Trinajstić information content (AvgIpc) is 3.05. The first kappa shape index (κ1) is 24.8. The van der Waals surface area contributed by atoms with Crippen molar-refractivity contribution in [1.82, 2.24) is 0 Å². The second-order valence-electron chi connectivity index (χ2n) is 8.56. The van der Waals surface area contributed by atoms with Crippen LogP contribution in [0.3, 0.4) is 0 Å². The fourth-order valence-corrected chi connectivity index (χ4v) is 5.02. The molecule has 0 aliphatic carbocycles. The van der Waals surface area contributed by atoms with Crippen LogP contribution in [0, 0.1) is 9.49 Å². The van der Waals surface area contributed by atoms with Gasteiger partial charge in [-0.3, -0.25) is 4.79 Å². The van der Waals surface area contributed by atoms with Gasteiger partial charge in [0.05, 0.1) is 15.9 Å². The zero-order valence-corrected chi connectivity index (χ0v) is 23.2. The lowest BCUT2D eigenvalue weighted by molar-refractivity contribution is -0.113. The summed E-state index contributed by atoms with van der Waals surface area (Å²) in [6.07, 6.45) is 1.96. The first-order chi connectivity index (χ1) is 16.4. The zero-order chi connectivity index (χ0) is 24.2. The molecule has 1 amide bonds. The van der Waals surface area contributed by atoms with Crippen molar-refractivity contribution in [3.05, 3.63) is 85.4 Å². The molecular formula is C28H27BrINO3.